The quantitative estimate of drug-likeness (QED) is 0.714. The zero-order valence-corrected chi connectivity index (χ0v) is 19.5. The molecule has 1 aromatic carbocycles. The SMILES string of the molecule is CCOC(=O)c1cc(C(C)(C)C)n(C2CCN(C(=O)c3cccc(NC(C)=O)c3)CC2)n1. The van der Waals surface area contributed by atoms with Gasteiger partial charge in [0.05, 0.1) is 12.6 Å². The number of carbonyl (C=O) groups excluding carboxylic acids is 3. The third-order valence-electron chi connectivity index (χ3n) is 5.52. The van der Waals surface area contributed by atoms with Crippen LogP contribution in [0.3, 0.4) is 0 Å². The maximum Gasteiger partial charge on any atom is 0.358 e. The number of aromatic nitrogens is 2. The average molecular weight is 441 g/mol. The lowest BCUT2D eigenvalue weighted by atomic mass is 9.91. The van der Waals surface area contributed by atoms with Gasteiger partial charge in [-0.2, -0.15) is 5.10 Å². The van der Waals surface area contributed by atoms with E-state index >= 15 is 0 Å². The normalized spacial score (nSPS) is 14.8. The first-order valence-corrected chi connectivity index (χ1v) is 11.0. The Hall–Kier alpha value is -3.16. The highest BCUT2D eigenvalue weighted by molar-refractivity contribution is 5.96. The molecule has 0 aliphatic carbocycles. The van der Waals surface area contributed by atoms with Crippen LogP contribution >= 0.6 is 0 Å². The summed E-state index contributed by atoms with van der Waals surface area (Å²) in [5, 5.41) is 7.30. The summed E-state index contributed by atoms with van der Waals surface area (Å²) < 4.78 is 7.08. The Morgan fingerprint density at radius 1 is 1.16 bits per heavy atom. The van der Waals surface area contributed by atoms with Gasteiger partial charge in [0.15, 0.2) is 5.69 Å². The van der Waals surface area contributed by atoms with Crippen LogP contribution in [0, 0.1) is 0 Å². The van der Waals surface area contributed by atoms with Crippen molar-refractivity contribution in [3.05, 3.63) is 47.3 Å². The van der Waals surface area contributed by atoms with Crippen molar-refractivity contribution in [2.45, 2.75) is 58.9 Å². The number of likely N-dealkylation sites (tertiary alicyclic amines) is 1. The van der Waals surface area contributed by atoms with Crippen LogP contribution in [-0.4, -0.2) is 52.2 Å². The summed E-state index contributed by atoms with van der Waals surface area (Å²) in [6, 6.07) is 8.91. The van der Waals surface area contributed by atoms with E-state index in [9.17, 15) is 14.4 Å². The van der Waals surface area contributed by atoms with Crippen LogP contribution in [-0.2, 0) is 14.9 Å². The fourth-order valence-corrected chi connectivity index (χ4v) is 3.97. The predicted molar refractivity (Wildman–Crippen MR) is 122 cm³/mol. The minimum absolute atomic E-state index is 0.0561. The van der Waals surface area contributed by atoms with Gasteiger partial charge in [0.2, 0.25) is 5.91 Å². The molecule has 32 heavy (non-hydrogen) atoms. The molecule has 0 atom stereocenters. The van der Waals surface area contributed by atoms with Gasteiger partial charge in [-0.25, -0.2) is 4.79 Å². The minimum atomic E-state index is -0.414. The summed E-state index contributed by atoms with van der Waals surface area (Å²) in [6.45, 7) is 11.0. The molecule has 0 bridgehead atoms. The molecule has 0 saturated carbocycles. The number of benzene rings is 1. The lowest BCUT2D eigenvalue weighted by Crippen LogP contribution is -2.40. The van der Waals surface area contributed by atoms with E-state index in [0.717, 1.165) is 18.5 Å². The molecule has 0 unspecified atom stereocenters. The number of amides is 2. The first-order valence-electron chi connectivity index (χ1n) is 11.0. The molecule has 1 fully saturated rings. The van der Waals surface area contributed by atoms with Gasteiger partial charge in [-0.3, -0.25) is 14.3 Å². The Morgan fingerprint density at radius 3 is 2.44 bits per heavy atom. The largest absolute Gasteiger partial charge is 0.461 e. The van der Waals surface area contributed by atoms with Crippen molar-refractivity contribution < 1.29 is 19.1 Å². The fraction of sp³-hybridized carbons (Fsp3) is 0.500. The Morgan fingerprint density at radius 2 is 1.84 bits per heavy atom. The van der Waals surface area contributed by atoms with Gasteiger partial charge in [0, 0.05) is 42.4 Å². The number of esters is 1. The Bertz CT molecular complexity index is 998. The lowest BCUT2D eigenvalue weighted by Gasteiger charge is -2.34. The van der Waals surface area contributed by atoms with Crippen LogP contribution in [0.1, 0.15) is 80.0 Å². The van der Waals surface area contributed by atoms with Crippen LogP contribution in [0.4, 0.5) is 5.69 Å². The van der Waals surface area contributed by atoms with Crippen molar-refractivity contribution in [1.29, 1.82) is 0 Å². The molecule has 0 spiro atoms. The van der Waals surface area contributed by atoms with E-state index in [1.165, 1.54) is 6.92 Å². The third-order valence-corrected chi connectivity index (χ3v) is 5.52. The number of hydrogen-bond donors (Lipinski definition) is 1. The van der Waals surface area contributed by atoms with Gasteiger partial charge in [0.25, 0.3) is 5.91 Å². The minimum Gasteiger partial charge on any atom is -0.461 e. The number of ether oxygens (including phenoxy) is 1. The number of carbonyl (C=O) groups is 3. The summed E-state index contributed by atoms with van der Waals surface area (Å²) in [6.07, 6.45) is 1.48. The topological polar surface area (TPSA) is 93.5 Å². The monoisotopic (exact) mass is 440 g/mol. The molecule has 2 amide bonds. The van der Waals surface area contributed by atoms with E-state index in [-0.39, 0.29) is 23.3 Å². The third kappa shape index (κ3) is 5.36. The van der Waals surface area contributed by atoms with E-state index in [1.807, 2.05) is 15.6 Å². The summed E-state index contributed by atoms with van der Waals surface area (Å²) >= 11 is 0. The van der Waals surface area contributed by atoms with Crippen molar-refractivity contribution in [2.24, 2.45) is 0 Å². The van der Waals surface area contributed by atoms with Gasteiger partial charge in [0.1, 0.15) is 0 Å². The molecule has 0 radical (unpaired) electrons. The second-order valence-corrected chi connectivity index (χ2v) is 9.12. The van der Waals surface area contributed by atoms with Crippen molar-refractivity contribution >= 4 is 23.5 Å². The zero-order valence-electron chi connectivity index (χ0n) is 19.5. The van der Waals surface area contributed by atoms with Crippen molar-refractivity contribution in [3.63, 3.8) is 0 Å². The highest BCUT2D eigenvalue weighted by atomic mass is 16.5. The van der Waals surface area contributed by atoms with Crippen LogP contribution in [0.25, 0.3) is 0 Å². The lowest BCUT2D eigenvalue weighted by molar-refractivity contribution is -0.114. The molecule has 1 aliphatic heterocycles. The van der Waals surface area contributed by atoms with Crippen LogP contribution in [0.2, 0.25) is 0 Å². The molecule has 172 valence electrons. The first kappa shape index (κ1) is 23.5. The van der Waals surface area contributed by atoms with Gasteiger partial charge in [-0.05, 0) is 44.0 Å². The molecular formula is C24H32N4O4. The van der Waals surface area contributed by atoms with Crippen LogP contribution in [0.15, 0.2) is 30.3 Å². The number of hydrogen-bond acceptors (Lipinski definition) is 5. The maximum absolute atomic E-state index is 13.0. The fourth-order valence-electron chi connectivity index (χ4n) is 3.97. The number of nitrogens with zero attached hydrogens (tertiary/aromatic N) is 3. The molecule has 8 nitrogen and oxygen atoms in total. The Labute approximate surface area is 188 Å². The molecule has 1 aromatic heterocycles. The van der Waals surface area contributed by atoms with E-state index in [0.29, 0.717) is 36.6 Å². The zero-order chi connectivity index (χ0) is 23.5. The molecule has 8 heteroatoms. The van der Waals surface area contributed by atoms with Crippen LogP contribution < -0.4 is 5.32 Å². The molecule has 1 N–H and O–H groups in total. The van der Waals surface area contributed by atoms with Gasteiger partial charge >= 0.3 is 5.97 Å². The summed E-state index contributed by atoms with van der Waals surface area (Å²) in [5.74, 6) is -0.644. The van der Waals surface area contributed by atoms with Gasteiger partial charge < -0.3 is 15.0 Å². The summed E-state index contributed by atoms with van der Waals surface area (Å²) in [5.41, 5.74) is 2.28. The van der Waals surface area contributed by atoms with E-state index < -0.39 is 5.97 Å². The first-order chi connectivity index (χ1) is 15.1. The molecular weight excluding hydrogens is 408 g/mol. The van der Waals surface area contributed by atoms with E-state index in [2.05, 4.69) is 31.2 Å². The molecule has 3 rings (SSSR count). The van der Waals surface area contributed by atoms with Crippen molar-refractivity contribution in [1.82, 2.24) is 14.7 Å². The number of nitrogens with one attached hydrogen (secondary N) is 1. The predicted octanol–water partition coefficient (Wildman–Crippen LogP) is 3.79. The van der Waals surface area contributed by atoms with Crippen LogP contribution in [0.5, 0.6) is 0 Å². The van der Waals surface area contributed by atoms with Crippen molar-refractivity contribution in [2.75, 3.05) is 25.0 Å². The Balaban J connectivity index is 1.73. The second kappa shape index (κ2) is 9.54. The number of piperidine rings is 1. The maximum atomic E-state index is 13.0. The molecule has 2 heterocycles. The Kier molecular flexibility index (Phi) is 7.01. The number of anilines is 1. The highest BCUT2D eigenvalue weighted by Gasteiger charge is 2.31. The van der Waals surface area contributed by atoms with E-state index in [4.69, 9.17) is 4.74 Å². The van der Waals surface area contributed by atoms with Crippen molar-refractivity contribution in [3.8, 4) is 0 Å². The summed E-state index contributed by atoms with van der Waals surface area (Å²) in [4.78, 5) is 38.4. The van der Waals surface area contributed by atoms with E-state index in [1.54, 1.807) is 31.2 Å². The molecule has 1 saturated heterocycles. The second-order valence-electron chi connectivity index (χ2n) is 9.12. The smallest absolute Gasteiger partial charge is 0.358 e. The molecule has 2 aromatic rings. The number of rotatable bonds is 5. The van der Waals surface area contributed by atoms with Gasteiger partial charge in [-0.1, -0.05) is 26.8 Å². The highest BCUT2D eigenvalue weighted by Crippen LogP contribution is 2.31. The van der Waals surface area contributed by atoms with Gasteiger partial charge in [-0.15, -0.1) is 0 Å². The standard InChI is InChI=1S/C24H32N4O4/c1-6-32-23(31)20-15-21(24(3,4)5)28(26-20)19-10-12-27(13-11-19)22(30)17-8-7-9-18(14-17)25-16(2)29/h7-9,14-15,19H,6,10-13H2,1-5H3,(H,25,29). The summed E-state index contributed by atoms with van der Waals surface area (Å²) in [7, 11) is 0. The molecule has 1 aliphatic rings. The average Bonchev–Trinajstić information content (AvgIpc) is 3.19.